The standard InChI is InChI=1S/C13H20N2O2S2.C7H15NO/c1-13(2,7-9-16)15-11(17)6-10-18-19-12-5-3-4-8-14-12;1-5(2)6(3)4-7(8)9/h3-5,8,16H,6-7,9-10H2,1-2H3,(H,15,17);5-6H,4H2,1-3H3,(H2,8,9). The van der Waals surface area contributed by atoms with E-state index in [9.17, 15) is 9.59 Å². The van der Waals surface area contributed by atoms with Gasteiger partial charge in [0.25, 0.3) is 0 Å². The number of nitrogens with two attached hydrogens (primary N) is 1. The Balaban J connectivity index is 0.000000684. The first kappa shape index (κ1) is 26.8. The fraction of sp³-hybridized carbons (Fsp3) is 0.650. The monoisotopic (exact) mass is 429 g/mol. The third kappa shape index (κ3) is 14.8. The topological polar surface area (TPSA) is 105 Å². The lowest BCUT2D eigenvalue weighted by Gasteiger charge is -2.25. The van der Waals surface area contributed by atoms with Gasteiger partial charge in [0.2, 0.25) is 11.8 Å². The van der Waals surface area contributed by atoms with Crippen LogP contribution in [0.25, 0.3) is 0 Å². The Hall–Kier alpha value is -1.25. The van der Waals surface area contributed by atoms with Crippen molar-refractivity contribution in [2.75, 3.05) is 12.4 Å². The van der Waals surface area contributed by atoms with Gasteiger partial charge >= 0.3 is 0 Å². The van der Waals surface area contributed by atoms with Gasteiger partial charge in [-0.15, -0.1) is 0 Å². The Morgan fingerprint density at radius 3 is 2.43 bits per heavy atom. The molecule has 6 nitrogen and oxygen atoms in total. The van der Waals surface area contributed by atoms with Crippen molar-refractivity contribution < 1.29 is 14.7 Å². The van der Waals surface area contributed by atoms with Crippen molar-refractivity contribution in [3.8, 4) is 0 Å². The van der Waals surface area contributed by atoms with Crippen molar-refractivity contribution in [1.82, 2.24) is 10.3 Å². The normalized spacial score (nSPS) is 12.1. The SMILES string of the molecule is CC(C)(CCO)NC(=O)CCSSc1ccccn1.CC(C)C(C)CC(N)=O. The molecule has 0 fully saturated rings. The summed E-state index contributed by atoms with van der Waals surface area (Å²) in [5.41, 5.74) is 4.65. The minimum Gasteiger partial charge on any atom is -0.396 e. The number of pyridine rings is 1. The van der Waals surface area contributed by atoms with Gasteiger partial charge in [-0.05, 0) is 55.0 Å². The molecule has 0 aliphatic rings. The van der Waals surface area contributed by atoms with Crippen LogP contribution in [0, 0.1) is 11.8 Å². The summed E-state index contributed by atoms with van der Waals surface area (Å²) in [6.07, 6.45) is 3.30. The number of hydrogen-bond donors (Lipinski definition) is 3. The number of aromatic nitrogens is 1. The number of hydrogen-bond acceptors (Lipinski definition) is 6. The minimum atomic E-state index is -0.343. The van der Waals surface area contributed by atoms with Crippen molar-refractivity contribution >= 4 is 33.4 Å². The Morgan fingerprint density at radius 2 is 1.96 bits per heavy atom. The zero-order valence-electron chi connectivity index (χ0n) is 17.6. The molecule has 1 heterocycles. The highest BCUT2D eigenvalue weighted by molar-refractivity contribution is 8.76. The van der Waals surface area contributed by atoms with Crippen LogP contribution in [-0.2, 0) is 9.59 Å². The van der Waals surface area contributed by atoms with Crippen LogP contribution >= 0.6 is 21.6 Å². The number of rotatable bonds is 11. The molecule has 0 radical (unpaired) electrons. The van der Waals surface area contributed by atoms with Gasteiger partial charge in [-0.2, -0.15) is 0 Å². The Kier molecular flexibility index (Phi) is 14.0. The van der Waals surface area contributed by atoms with Gasteiger partial charge in [0.05, 0.1) is 0 Å². The van der Waals surface area contributed by atoms with Crippen molar-refractivity contribution in [2.45, 2.75) is 64.4 Å². The van der Waals surface area contributed by atoms with E-state index in [-0.39, 0.29) is 24.0 Å². The van der Waals surface area contributed by atoms with Crippen LogP contribution in [0.4, 0.5) is 0 Å². The molecule has 160 valence electrons. The predicted octanol–water partition coefficient (Wildman–Crippen LogP) is 3.64. The fourth-order valence-corrected chi connectivity index (χ4v) is 3.84. The number of aliphatic hydroxyl groups is 1. The molecule has 8 heteroatoms. The molecule has 0 bridgehead atoms. The van der Waals surface area contributed by atoms with Gasteiger partial charge in [-0.25, -0.2) is 4.98 Å². The lowest BCUT2D eigenvalue weighted by atomic mass is 9.95. The predicted molar refractivity (Wildman–Crippen MR) is 119 cm³/mol. The van der Waals surface area contributed by atoms with E-state index in [1.165, 1.54) is 0 Å². The quantitative estimate of drug-likeness (QED) is 0.366. The number of nitrogens with one attached hydrogen (secondary N) is 1. The Bertz CT molecular complexity index is 569. The smallest absolute Gasteiger partial charge is 0.221 e. The molecule has 0 aliphatic carbocycles. The van der Waals surface area contributed by atoms with Gasteiger partial charge in [0.15, 0.2) is 0 Å². The number of carbonyl (C=O) groups excluding carboxylic acids is 2. The summed E-state index contributed by atoms with van der Waals surface area (Å²) < 4.78 is 0. The van der Waals surface area contributed by atoms with Crippen LogP contribution < -0.4 is 11.1 Å². The van der Waals surface area contributed by atoms with Crippen molar-refractivity contribution in [2.24, 2.45) is 17.6 Å². The van der Waals surface area contributed by atoms with Crippen molar-refractivity contribution in [3.63, 3.8) is 0 Å². The molecule has 4 N–H and O–H groups in total. The summed E-state index contributed by atoms with van der Waals surface area (Å²) in [4.78, 5) is 26.2. The zero-order chi connectivity index (χ0) is 21.6. The largest absolute Gasteiger partial charge is 0.396 e. The van der Waals surface area contributed by atoms with Crippen LogP contribution in [0.5, 0.6) is 0 Å². The second-order valence-corrected chi connectivity index (χ2v) is 10.1. The maximum Gasteiger partial charge on any atom is 0.221 e. The van der Waals surface area contributed by atoms with Crippen molar-refractivity contribution in [3.05, 3.63) is 24.4 Å². The Labute approximate surface area is 177 Å². The second kappa shape index (κ2) is 14.7. The average molecular weight is 430 g/mol. The maximum absolute atomic E-state index is 11.7. The molecule has 1 aromatic heterocycles. The van der Waals surface area contributed by atoms with E-state index >= 15 is 0 Å². The van der Waals surface area contributed by atoms with Gasteiger partial charge < -0.3 is 16.2 Å². The number of carbonyl (C=O) groups is 2. The third-order valence-electron chi connectivity index (χ3n) is 4.07. The lowest BCUT2D eigenvalue weighted by Crippen LogP contribution is -2.44. The van der Waals surface area contributed by atoms with E-state index in [0.29, 0.717) is 31.1 Å². The molecule has 0 aromatic carbocycles. The first-order valence-corrected chi connectivity index (χ1v) is 11.8. The van der Waals surface area contributed by atoms with Gasteiger partial charge in [0.1, 0.15) is 5.03 Å². The maximum atomic E-state index is 11.7. The van der Waals surface area contributed by atoms with E-state index < -0.39 is 0 Å². The molecule has 0 spiro atoms. The van der Waals surface area contributed by atoms with Crippen LogP contribution in [0.1, 0.15) is 53.9 Å². The first-order chi connectivity index (χ1) is 13.1. The molecule has 28 heavy (non-hydrogen) atoms. The molecule has 1 atom stereocenters. The van der Waals surface area contributed by atoms with Crippen LogP contribution in [0.3, 0.4) is 0 Å². The highest BCUT2D eigenvalue weighted by Crippen LogP contribution is 2.29. The number of nitrogens with zero attached hydrogens (tertiary/aromatic N) is 1. The number of aliphatic hydroxyl groups excluding tert-OH is 1. The van der Waals surface area contributed by atoms with Gasteiger partial charge in [-0.1, -0.05) is 37.6 Å². The fourth-order valence-electron chi connectivity index (χ4n) is 1.97. The van der Waals surface area contributed by atoms with E-state index in [4.69, 9.17) is 10.8 Å². The molecule has 0 saturated heterocycles. The van der Waals surface area contributed by atoms with Crippen LogP contribution in [0.2, 0.25) is 0 Å². The lowest BCUT2D eigenvalue weighted by molar-refractivity contribution is -0.122. The third-order valence-corrected chi connectivity index (χ3v) is 6.34. The molecular formula is C20H35N3O3S2. The van der Waals surface area contributed by atoms with Crippen LogP contribution in [-0.4, -0.2) is 39.8 Å². The summed E-state index contributed by atoms with van der Waals surface area (Å²) >= 11 is 0. The minimum absolute atomic E-state index is 0.0209. The average Bonchev–Trinajstić information content (AvgIpc) is 2.59. The van der Waals surface area contributed by atoms with E-state index in [2.05, 4.69) is 24.1 Å². The number of primary amides is 1. The highest BCUT2D eigenvalue weighted by atomic mass is 33.1. The molecular weight excluding hydrogens is 394 g/mol. The summed E-state index contributed by atoms with van der Waals surface area (Å²) in [5, 5.41) is 12.8. The molecule has 1 aromatic rings. The second-order valence-electron chi connectivity index (χ2n) is 7.62. The van der Waals surface area contributed by atoms with Gasteiger partial charge in [0, 0.05) is 36.9 Å². The Morgan fingerprint density at radius 1 is 1.29 bits per heavy atom. The molecule has 0 saturated carbocycles. The molecule has 2 amide bonds. The summed E-state index contributed by atoms with van der Waals surface area (Å²) in [7, 11) is 3.19. The van der Waals surface area contributed by atoms with E-state index in [0.717, 1.165) is 10.8 Å². The highest BCUT2D eigenvalue weighted by Gasteiger charge is 2.19. The summed E-state index contributed by atoms with van der Waals surface area (Å²) in [6.45, 7) is 10.1. The van der Waals surface area contributed by atoms with E-state index in [1.54, 1.807) is 27.8 Å². The summed E-state index contributed by atoms with van der Waals surface area (Å²) in [6, 6.07) is 5.77. The first-order valence-electron chi connectivity index (χ1n) is 9.48. The molecule has 1 rings (SSSR count). The number of amides is 2. The summed E-state index contributed by atoms with van der Waals surface area (Å²) in [5.74, 6) is 1.53. The molecule has 0 aliphatic heterocycles. The zero-order valence-corrected chi connectivity index (χ0v) is 19.2. The van der Waals surface area contributed by atoms with Crippen molar-refractivity contribution in [1.29, 1.82) is 0 Å². The van der Waals surface area contributed by atoms with E-state index in [1.807, 2.05) is 39.0 Å². The van der Waals surface area contributed by atoms with Gasteiger partial charge in [-0.3, -0.25) is 9.59 Å². The molecule has 1 unspecified atom stereocenters. The van der Waals surface area contributed by atoms with Crippen LogP contribution in [0.15, 0.2) is 29.4 Å².